The molecule has 1 aromatic rings. The summed E-state index contributed by atoms with van der Waals surface area (Å²) in [6.07, 6.45) is 3.85. The zero-order valence-electron chi connectivity index (χ0n) is 16.9. The maximum absolute atomic E-state index is 12.9. The molecule has 0 unspecified atom stereocenters. The van der Waals surface area contributed by atoms with Gasteiger partial charge in [-0.15, -0.1) is 13.2 Å². The number of piperidine rings is 1. The lowest BCUT2D eigenvalue weighted by molar-refractivity contribution is -0.156. The largest absolute Gasteiger partial charge is 0.455 e. The molecular weight excluding hydrogens is 396 g/mol. The number of hydrogen-bond acceptors (Lipinski definition) is 6. The Kier molecular flexibility index (Phi) is 7.74. The summed E-state index contributed by atoms with van der Waals surface area (Å²) in [5.41, 5.74) is 0.914. The standard InChI is InChI=1S/C19H28N4O5S/c1-5-9-22(10-6-2)17(24)13-28-19(25)16-7-11-23(12-8-16)29(26,27)18-14(3)20-21-15(18)4/h5-6,16H,1-2,7-13H2,3-4H3,(H,20,21). The molecule has 2 rings (SSSR count). The van der Waals surface area contributed by atoms with Crippen molar-refractivity contribution in [3.63, 3.8) is 0 Å². The first-order valence-electron chi connectivity index (χ1n) is 9.40. The molecule has 1 N–H and O–H groups in total. The lowest BCUT2D eigenvalue weighted by Crippen LogP contribution is -2.41. The van der Waals surface area contributed by atoms with Crippen LogP contribution in [0.2, 0.25) is 0 Å². The highest BCUT2D eigenvalue weighted by atomic mass is 32.2. The van der Waals surface area contributed by atoms with Gasteiger partial charge in [-0.2, -0.15) is 9.40 Å². The third-order valence-electron chi connectivity index (χ3n) is 4.84. The number of rotatable bonds is 9. The Balaban J connectivity index is 1.90. The van der Waals surface area contributed by atoms with Gasteiger partial charge in [0.05, 0.1) is 17.3 Å². The van der Waals surface area contributed by atoms with Gasteiger partial charge in [-0.1, -0.05) is 12.2 Å². The first kappa shape index (κ1) is 22.8. The molecule has 0 atom stereocenters. The van der Waals surface area contributed by atoms with Crippen LogP contribution >= 0.6 is 0 Å². The number of sulfonamides is 1. The van der Waals surface area contributed by atoms with Gasteiger partial charge in [-0.25, -0.2) is 8.42 Å². The average molecular weight is 425 g/mol. The van der Waals surface area contributed by atoms with Crippen LogP contribution in [0.15, 0.2) is 30.2 Å². The second-order valence-electron chi connectivity index (χ2n) is 6.93. The van der Waals surface area contributed by atoms with Gasteiger partial charge < -0.3 is 9.64 Å². The van der Waals surface area contributed by atoms with Crippen molar-refractivity contribution in [2.45, 2.75) is 31.6 Å². The Morgan fingerprint density at radius 2 is 1.83 bits per heavy atom. The van der Waals surface area contributed by atoms with Gasteiger partial charge in [0.1, 0.15) is 4.90 Å². The zero-order valence-corrected chi connectivity index (χ0v) is 17.7. The van der Waals surface area contributed by atoms with E-state index in [9.17, 15) is 18.0 Å². The quantitative estimate of drug-likeness (QED) is 0.470. The van der Waals surface area contributed by atoms with Gasteiger partial charge in [0.2, 0.25) is 10.0 Å². The monoisotopic (exact) mass is 424 g/mol. The summed E-state index contributed by atoms with van der Waals surface area (Å²) in [6.45, 7) is 11.2. The molecule has 9 nitrogen and oxygen atoms in total. The minimum Gasteiger partial charge on any atom is -0.455 e. The van der Waals surface area contributed by atoms with E-state index in [0.717, 1.165) is 0 Å². The second-order valence-corrected chi connectivity index (χ2v) is 8.80. The minimum absolute atomic E-state index is 0.189. The fourth-order valence-electron chi connectivity index (χ4n) is 3.31. The molecule has 1 aromatic heterocycles. The van der Waals surface area contributed by atoms with Crippen LogP contribution in [0.1, 0.15) is 24.2 Å². The Morgan fingerprint density at radius 3 is 2.31 bits per heavy atom. The molecule has 0 spiro atoms. The van der Waals surface area contributed by atoms with Crippen molar-refractivity contribution in [3.05, 3.63) is 36.7 Å². The number of nitrogens with zero attached hydrogens (tertiary/aromatic N) is 3. The summed E-state index contributed by atoms with van der Waals surface area (Å²) in [6, 6.07) is 0. The number of ether oxygens (including phenoxy) is 1. The molecular formula is C19H28N4O5S. The third-order valence-corrected chi connectivity index (χ3v) is 7.00. The number of nitrogens with one attached hydrogen (secondary N) is 1. The molecule has 1 amide bonds. The molecule has 0 aliphatic carbocycles. The number of aromatic nitrogens is 2. The van der Waals surface area contributed by atoms with Crippen LogP contribution in [0, 0.1) is 19.8 Å². The highest BCUT2D eigenvalue weighted by molar-refractivity contribution is 7.89. The number of H-pyrrole nitrogens is 1. The maximum Gasteiger partial charge on any atom is 0.309 e. The first-order chi connectivity index (χ1) is 13.7. The lowest BCUT2D eigenvalue weighted by Gasteiger charge is -2.30. The smallest absolute Gasteiger partial charge is 0.309 e. The van der Waals surface area contributed by atoms with Crippen molar-refractivity contribution < 1.29 is 22.7 Å². The van der Waals surface area contributed by atoms with Crippen LogP contribution < -0.4 is 0 Å². The van der Waals surface area contributed by atoms with Crippen LogP contribution in [0.3, 0.4) is 0 Å². The summed E-state index contributed by atoms with van der Waals surface area (Å²) in [4.78, 5) is 26.1. The first-order valence-corrected chi connectivity index (χ1v) is 10.8. The Hall–Kier alpha value is -2.46. The number of carbonyl (C=O) groups excluding carboxylic acids is 2. The summed E-state index contributed by atoms with van der Waals surface area (Å²) < 4.78 is 32.3. The van der Waals surface area contributed by atoms with Crippen LogP contribution in [0.25, 0.3) is 0 Å². The topological polar surface area (TPSA) is 113 Å². The highest BCUT2D eigenvalue weighted by Gasteiger charge is 2.35. The lowest BCUT2D eigenvalue weighted by atomic mass is 9.98. The summed E-state index contributed by atoms with van der Waals surface area (Å²) >= 11 is 0. The van der Waals surface area contributed by atoms with Gasteiger partial charge >= 0.3 is 5.97 Å². The molecule has 2 heterocycles. The predicted octanol–water partition coefficient (Wildman–Crippen LogP) is 1.17. The Morgan fingerprint density at radius 1 is 1.24 bits per heavy atom. The second kappa shape index (κ2) is 9.84. The highest BCUT2D eigenvalue weighted by Crippen LogP contribution is 2.27. The van der Waals surface area contributed by atoms with Gasteiger partial charge in [-0.05, 0) is 26.7 Å². The van der Waals surface area contributed by atoms with Crippen molar-refractivity contribution in [1.82, 2.24) is 19.4 Å². The maximum atomic E-state index is 12.9. The molecule has 1 fully saturated rings. The van der Waals surface area contributed by atoms with Gasteiger partial charge in [-0.3, -0.25) is 14.7 Å². The summed E-state index contributed by atoms with van der Waals surface area (Å²) in [5.74, 6) is -1.25. The molecule has 1 saturated heterocycles. The number of esters is 1. The van der Waals surface area contributed by atoms with Gasteiger partial charge in [0.25, 0.3) is 5.91 Å². The van der Waals surface area contributed by atoms with E-state index in [1.165, 1.54) is 9.21 Å². The van der Waals surface area contributed by atoms with Crippen molar-refractivity contribution in [2.75, 3.05) is 32.8 Å². The molecule has 0 bridgehead atoms. The van der Waals surface area contributed by atoms with E-state index in [1.54, 1.807) is 26.0 Å². The minimum atomic E-state index is -3.67. The Labute approximate surface area is 171 Å². The number of aryl methyl sites for hydroxylation is 2. The SMILES string of the molecule is C=CCN(CC=C)C(=O)COC(=O)C1CCN(S(=O)(=O)c2c(C)n[nH]c2C)CC1. The fourth-order valence-corrected chi connectivity index (χ4v) is 5.11. The zero-order chi connectivity index (χ0) is 21.6. The predicted molar refractivity (Wildman–Crippen MR) is 107 cm³/mol. The molecule has 0 radical (unpaired) electrons. The number of carbonyl (C=O) groups is 2. The molecule has 160 valence electrons. The van der Waals surface area contributed by atoms with E-state index < -0.39 is 21.9 Å². The molecule has 10 heteroatoms. The van der Waals surface area contributed by atoms with E-state index in [-0.39, 0.29) is 30.5 Å². The van der Waals surface area contributed by atoms with Crippen molar-refractivity contribution in [1.29, 1.82) is 0 Å². The van der Waals surface area contributed by atoms with E-state index in [0.29, 0.717) is 37.3 Å². The van der Waals surface area contributed by atoms with Crippen LogP contribution in [-0.2, 0) is 24.3 Å². The Bertz CT molecular complexity index is 840. The number of aromatic amines is 1. The molecule has 29 heavy (non-hydrogen) atoms. The van der Waals surface area contributed by atoms with E-state index in [4.69, 9.17) is 4.74 Å². The summed E-state index contributed by atoms with van der Waals surface area (Å²) in [5, 5.41) is 6.63. The van der Waals surface area contributed by atoms with Crippen molar-refractivity contribution in [2.24, 2.45) is 5.92 Å². The van der Waals surface area contributed by atoms with Crippen molar-refractivity contribution in [3.8, 4) is 0 Å². The van der Waals surface area contributed by atoms with Gasteiger partial charge in [0.15, 0.2) is 6.61 Å². The van der Waals surface area contributed by atoms with Crippen LogP contribution in [0.5, 0.6) is 0 Å². The molecule has 0 aromatic carbocycles. The normalized spacial score (nSPS) is 15.7. The van der Waals surface area contributed by atoms with Crippen LogP contribution in [0.4, 0.5) is 0 Å². The molecule has 1 aliphatic rings. The summed E-state index contributed by atoms with van der Waals surface area (Å²) in [7, 11) is -3.67. The average Bonchev–Trinajstić information content (AvgIpc) is 3.04. The van der Waals surface area contributed by atoms with E-state index in [2.05, 4.69) is 23.4 Å². The molecule has 1 aliphatic heterocycles. The van der Waals surface area contributed by atoms with Crippen molar-refractivity contribution >= 4 is 21.9 Å². The molecule has 0 saturated carbocycles. The fraction of sp³-hybridized carbons (Fsp3) is 0.526. The number of hydrogen-bond donors (Lipinski definition) is 1. The third kappa shape index (κ3) is 5.33. The van der Waals surface area contributed by atoms with Crippen LogP contribution in [-0.4, -0.2) is 72.5 Å². The number of amides is 1. The van der Waals surface area contributed by atoms with E-state index >= 15 is 0 Å². The van der Waals surface area contributed by atoms with Gasteiger partial charge in [0, 0.05) is 26.2 Å². The van der Waals surface area contributed by atoms with E-state index in [1.807, 2.05) is 0 Å².